The lowest BCUT2D eigenvalue weighted by Gasteiger charge is -2.06. The van der Waals surface area contributed by atoms with Gasteiger partial charge < -0.3 is 4.74 Å². The summed E-state index contributed by atoms with van der Waals surface area (Å²) in [5, 5.41) is 0.729. The van der Waals surface area contributed by atoms with E-state index < -0.39 is 0 Å². The van der Waals surface area contributed by atoms with Crippen LogP contribution in [0.1, 0.15) is 18.1 Å². The van der Waals surface area contributed by atoms with Crippen molar-refractivity contribution in [1.29, 1.82) is 0 Å². The summed E-state index contributed by atoms with van der Waals surface area (Å²) < 4.78 is 5.56. The summed E-state index contributed by atoms with van der Waals surface area (Å²) in [6.07, 6.45) is 1.81. The molecular weight excluding hydrogens is 258 g/mol. The van der Waals surface area contributed by atoms with Crippen molar-refractivity contribution in [1.82, 2.24) is 0 Å². The predicted molar refractivity (Wildman–Crippen MR) is 81.1 cm³/mol. The zero-order valence-electron chi connectivity index (χ0n) is 11.1. The minimum Gasteiger partial charge on any atom is -0.493 e. The van der Waals surface area contributed by atoms with Crippen molar-refractivity contribution in [2.75, 3.05) is 6.61 Å². The number of aliphatic imine (C=N–C) groups is 1. The Morgan fingerprint density at radius 1 is 1.16 bits per heavy atom. The number of ether oxygens (including phenoxy) is 1. The maximum Gasteiger partial charge on any atom is 0.128 e. The highest BCUT2D eigenvalue weighted by atomic mass is 35.5. The first-order valence-electron chi connectivity index (χ1n) is 6.23. The van der Waals surface area contributed by atoms with E-state index in [0.29, 0.717) is 6.61 Å². The Hall–Kier alpha value is -1.80. The molecule has 0 heterocycles. The van der Waals surface area contributed by atoms with Crippen LogP contribution < -0.4 is 4.74 Å². The number of nitrogens with zero attached hydrogens (tertiary/aromatic N) is 1. The Labute approximate surface area is 118 Å². The van der Waals surface area contributed by atoms with Gasteiger partial charge in [-0.3, -0.25) is 4.99 Å². The van der Waals surface area contributed by atoms with Gasteiger partial charge in [0.1, 0.15) is 5.75 Å². The van der Waals surface area contributed by atoms with Gasteiger partial charge in [0.2, 0.25) is 0 Å². The molecule has 0 aliphatic carbocycles. The Morgan fingerprint density at radius 3 is 2.74 bits per heavy atom. The third-order valence-corrected chi connectivity index (χ3v) is 3.21. The lowest BCUT2D eigenvalue weighted by Crippen LogP contribution is -1.95. The minimum atomic E-state index is 0.640. The number of para-hydroxylation sites is 1. The molecule has 0 aromatic heterocycles. The van der Waals surface area contributed by atoms with Gasteiger partial charge in [-0.1, -0.05) is 29.8 Å². The molecule has 0 spiro atoms. The highest BCUT2D eigenvalue weighted by Gasteiger charge is 2.01. The third kappa shape index (κ3) is 3.36. The predicted octanol–water partition coefficient (Wildman–Crippen LogP) is 4.80. The fourth-order valence-corrected chi connectivity index (χ4v) is 1.92. The third-order valence-electron chi connectivity index (χ3n) is 2.80. The molecule has 3 heteroatoms. The van der Waals surface area contributed by atoms with Gasteiger partial charge in [-0.15, -0.1) is 0 Å². The Morgan fingerprint density at radius 2 is 1.95 bits per heavy atom. The molecule has 2 rings (SSSR count). The summed E-state index contributed by atoms with van der Waals surface area (Å²) in [6.45, 7) is 4.57. The zero-order chi connectivity index (χ0) is 13.7. The number of halogens is 1. The van der Waals surface area contributed by atoms with Crippen molar-refractivity contribution in [2.24, 2.45) is 4.99 Å². The van der Waals surface area contributed by atoms with E-state index >= 15 is 0 Å². The maximum atomic E-state index is 6.08. The van der Waals surface area contributed by atoms with Crippen LogP contribution in [-0.4, -0.2) is 12.8 Å². The van der Waals surface area contributed by atoms with Crippen LogP contribution in [0.25, 0.3) is 0 Å². The van der Waals surface area contributed by atoms with E-state index in [-0.39, 0.29) is 0 Å². The fraction of sp³-hybridized carbons (Fsp3) is 0.188. The van der Waals surface area contributed by atoms with Crippen molar-refractivity contribution in [3.63, 3.8) is 0 Å². The molecule has 0 radical (unpaired) electrons. The van der Waals surface area contributed by atoms with E-state index in [2.05, 4.69) is 4.99 Å². The summed E-state index contributed by atoms with van der Waals surface area (Å²) in [5.41, 5.74) is 2.82. The molecule has 0 bridgehead atoms. The molecular formula is C16H16ClNO. The summed E-state index contributed by atoms with van der Waals surface area (Å²) in [6, 6.07) is 13.5. The highest BCUT2D eigenvalue weighted by molar-refractivity contribution is 6.31. The molecule has 0 saturated heterocycles. The van der Waals surface area contributed by atoms with Gasteiger partial charge in [0.05, 0.1) is 12.3 Å². The number of hydrogen-bond donors (Lipinski definition) is 0. The van der Waals surface area contributed by atoms with Crippen molar-refractivity contribution in [2.45, 2.75) is 13.8 Å². The van der Waals surface area contributed by atoms with E-state index in [1.165, 1.54) is 0 Å². The summed E-state index contributed by atoms with van der Waals surface area (Å²) in [7, 11) is 0. The first-order chi connectivity index (χ1) is 9.22. The van der Waals surface area contributed by atoms with Crippen LogP contribution in [0.4, 0.5) is 5.69 Å². The second-order valence-electron chi connectivity index (χ2n) is 4.11. The van der Waals surface area contributed by atoms with Crippen LogP contribution in [0.5, 0.6) is 5.75 Å². The smallest absolute Gasteiger partial charge is 0.128 e. The number of benzene rings is 2. The molecule has 0 atom stereocenters. The molecule has 98 valence electrons. The number of rotatable bonds is 4. The van der Waals surface area contributed by atoms with Crippen molar-refractivity contribution >= 4 is 23.5 Å². The highest BCUT2D eigenvalue weighted by Crippen LogP contribution is 2.26. The van der Waals surface area contributed by atoms with Crippen LogP contribution in [0, 0.1) is 6.92 Å². The molecule has 0 N–H and O–H groups in total. The Kier molecular flexibility index (Phi) is 4.58. The van der Waals surface area contributed by atoms with Crippen molar-refractivity contribution < 1.29 is 4.74 Å². The maximum absolute atomic E-state index is 6.08. The lowest BCUT2D eigenvalue weighted by atomic mass is 10.2. The second-order valence-corrected chi connectivity index (χ2v) is 4.52. The van der Waals surface area contributed by atoms with E-state index in [9.17, 15) is 0 Å². The van der Waals surface area contributed by atoms with Gasteiger partial charge in [-0.05, 0) is 43.7 Å². The topological polar surface area (TPSA) is 21.6 Å². The summed E-state index contributed by atoms with van der Waals surface area (Å²) in [4.78, 5) is 4.49. The standard InChI is InChI=1S/C16H16ClNO/c1-3-19-16-10-5-4-7-13(16)11-18-15-9-6-8-14(17)12(15)2/h4-11H,3H2,1-2H3. The monoisotopic (exact) mass is 273 g/mol. The molecule has 0 fully saturated rings. The molecule has 2 aromatic carbocycles. The molecule has 0 aliphatic rings. The average Bonchev–Trinajstić information content (AvgIpc) is 2.42. The molecule has 2 aromatic rings. The van der Waals surface area contributed by atoms with Gasteiger partial charge in [0.15, 0.2) is 0 Å². The van der Waals surface area contributed by atoms with Crippen molar-refractivity contribution in [3.05, 3.63) is 58.6 Å². The summed E-state index contributed by atoms with van der Waals surface area (Å²) >= 11 is 6.08. The summed E-state index contributed by atoms with van der Waals surface area (Å²) in [5.74, 6) is 0.841. The first kappa shape index (κ1) is 13.6. The first-order valence-corrected chi connectivity index (χ1v) is 6.61. The molecule has 0 unspecified atom stereocenters. The van der Waals surface area contributed by atoms with Crippen LogP contribution >= 0.6 is 11.6 Å². The van der Waals surface area contributed by atoms with Gasteiger partial charge in [0.25, 0.3) is 0 Å². The average molecular weight is 274 g/mol. The second kappa shape index (κ2) is 6.39. The van der Waals surface area contributed by atoms with Gasteiger partial charge in [0, 0.05) is 16.8 Å². The Bertz CT molecular complexity index is 593. The molecule has 0 saturated carbocycles. The minimum absolute atomic E-state index is 0.640. The van der Waals surface area contributed by atoms with E-state index in [1.807, 2.05) is 62.5 Å². The fourth-order valence-electron chi connectivity index (χ4n) is 1.75. The molecule has 19 heavy (non-hydrogen) atoms. The van der Waals surface area contributed by atoms with Crippen molar-refractivity contribution in [3.8, 4) is 5.75 Å². The van der Waals surface area contributed by atoms with Crippen LogP contribution in [0.2, 0.25) is 5.02 Å². The van der Waals surface area contributed by atoms with Gasteiger partial charge in [-0.2, -0.15) is 0 Å². The van der Waals surface area contributed by atoms with E-state index in [1.54, 1.807) is 0 Å². The lowest BCUT2D eigenvalue weighted by molar-refractivity contribution is 0.340. The Balaban J connectivity index is 2.30. The molecule has 2 nitrogen and oxygen atoms in total. The van der Waals surface area contributed by atoms with Crippen LogP contribution in [0.15, 0.2) is 47.5 Å². The van der Waals surface area contributed by atoms with Gasteiger partial charge in [-0.25, -0.2) is 0 Å². The quantitative estimate of drug-likeness (QED) is 0.734. The van der Waals surface area contributed by atoms with E-state index in [4.69, 9.17) is 16.3 Å². The molecule has 0 aliphatic heterocycles. The number of hydrogen-bond acceptors (Lipinski definition) is 2. The van der Waals surface area contributed by atoms with Crippen LogP contribution in [-0.2, 0) is 0 Å². The van der Waals surface area contributed by atoms with Gasteiger partial charge >= 0.3 is 0 Å². The normalized spacial score (nSPS) is 10.9. The van der Waals surface area contributed by atoms with Crippen LogP contribution in [0.3, 0.4) is 0 Å². The SMILES string of the molecule is CCOc1ccccc1C=Nc1cccc(Cl)c1C. The zero-order valence-corrected chi connectivity index (χ0v) is 11.8. The molecule has 0 amide bonds. The van der Waals surface area contributed by atoms with E-state index in [0.717, 1.165) is 27.6 Å². The largest absolute Gasteiger partial charge is 0.493 e.